The number of phenols is 1. The Kier molecular flexibility index (Phi) is 5.87. The maximum atomic E-state index is 11.9. The summed E-state index contributed by atoms with van der Waals surface area (Å²) in [5.74, 6) is -0.123. The number of carbonyl (C=O) groups excluding carboxylic acids is 1. The van der Waals surface area contributed by atoms with E-state index in [9.17, 15) is 9.90 Å². The lowest BCUT2D eigenvalue weighted by molar-refractivity contribution is -0.145. The zero-order valence-electron chi connectivity index (χ0n) is 12.3. The minimum atomic E-state index is -0.385. The van der Waals surface area contributed by atoms with Crippen LogP contribution >= 0.6 is 0 Å². The molecule has 1 aromatic carbocycles. The normalized spacial score (nSPS) is 13.9. The second-order valence-electron chi connectivity index (χ2n) is 4.81. The van der Waals surface area contributed by atoms with Crippen molar-refractivity contribution < 1.29 is 14.6 Å². The van der Waals surface area contributed by atoms with Gasteiger partial charge in [-0.1, -0.05) is 39.0 Å². The Morgan fingerprint density at radius 2 is 1.84 bits per heavy atom. The lowest BCUT2D eigenvalue weighted by Gasteiger charge is -2.19. The van der Waals surface area contributed by atoms with E-state index in [0.717, 1.165) is 12.0 Å². The van der Waals surface area contributed by atoms with Gasteiger partial charge in [0, 0.05) is 5.56 Å². The first-order valence-electron chi connectivity index (χ1n) is 7.05. The van der Waals surface area contributed by atoms with Gasteiger partial charge >= 0.3 is 5.97 Å². The van der Waals surface area contributed by atoms with Gasteiger partial charge in [-0.25, -0.2) is 0 Å². The first-order chi connectivity index (χ1) is 9.06. The van der Waals surface area contributed by atoms with Crippen LogP contribution in [0.25, 0.3) is 0 Å². The number of aromatic hydroxyl groups is 1. The smallest absolute Gasteiger partial charge is 0.313 e. The summed E-state index contributed by atoms with van der Waals surface area (Å²) in [7, 11) is 0. The van der Waals surface area contributed by atoms with Crippen molar-refractivity contribution in [1.82, 2.24) is 0 Å². The van der Waals surface area contributed by atoms with E-state index < -0.39 is 0 Å². The number of rotatable bonds is 6. The molecule has 0 spiro atoms. The van der Waals surface area contributed by atoms with Crippen molar-refractivity contribution >= 4 is 5.97 Å². The highest BCUT2D eigenvalue weighted by Gasteiger charge is 2.24. The molecule has 0 aliphatic carbocycles. The summed E-state index contributed by atoms with van der Waals surface area (Å²) in [5.41, 5.74) is 1.58. The van der Waals surface area contributed by atoms with E-state index in [0.29, 0.717) is 18.6 Å². The van der Waals surface area contributed by atoms with Crippen LogP contribution in [0.1, 0.15) is 63.5 Å². The van der Waals surface area contributed by atoms with E-state index in [4.69, 9.17) is 4.74 Å². The molecular weight excluding hydrogens is 240 g/mol. The minimum Gasteiger partial charge on any atom is -0.507 e. The van der Waals surface area contributed by atoms with Crippen LogP contribution in [0.2, 0.25) is 0 Å². The molecule has 1 N–H and O–H groups in total. The Balaban J connectivity index is 3.14. The Labute approximate surface area is 115 Å². The van der Waals surface area contributed by atoms with Gasteiger partial charge < -0.3 is 9.84 Å². The van der Waals surface area contributed by atoms with E-state index >= 15 is 0 Å². The van der Waals surface area contributed by atoms with Crippen molar-refractivity contribution in [1.29, 1.82) is 0 Å². The molecule has 0 aliphatic rings. The summed E-state index contributed by atoms with van der Waals surface area (Å²) in [4.78, 5) is 11.9. The molecule has 0 heterocycles. The summed E-state index contributed by atoms with van der Waals surface area (Å²) in [6.45, 7) is 8.24. The maximum Gasteiger partial charge on any atom is 0.313 e. The lowest BCUT2D eigenvalue weighted by atomic mass is 9.89. The average molecular weight is 264 g/mol. The Hall–Kier alpha value is -1.51. The molecule has 0 amide bonds. The van der Waals surface area contributed by atoms with Gasteiger partial charge in [-0.05, 0) is 31.2 Å². The predicted molar refractivity (Wildman–Crippen MR) is 76.5 cm³/mol. The van der Waals surface area contributed by atoms with Crippen molar-refractivity contribution in [2.24, 2.45) is 0 Å². The SMILES string of the molecule is CCOC(=O)C(CC)c1cccc(C(C)CC)c1O. The second kappa shape index (κ2) is 7.17. The van der Waals surface area contributed by atoms with Gasteiger partial charge in [-0.15, -0.1) is 0 Å². The fourth-order valence-corrected chi connectivity index (χ4v) is 2.24. The highest BCUT2D eigenvalue weighted by molar-refractivity contribution is 5.79. The van der Waals surface area contributed by atoms with Crippen LogP contribution in [-0.4, -0.2) is 17.7 Å². The summed E-state index contributed by atoms with van der Waals surface area (Å²) in [6, 6.07) is 5.63. The molecule has 0 bridgehead atoms. The zero-order chi connectivity index (χ0) is 14.4. The third kappa shape index (κ3) is 3.49. The Morgan fingerprint density at radius 1 is 1.21 bits per heavy atom. The average Bonchev–Trinajstić information content (AvgIpc) is 2.41. The van der Waals surface area contributed by atoms with Crippen molar-refractivity contribution in [2.45, 2.75) is 52.4 Å². The summed E-state index contributed by atoms with van der Waals surface area (Å²) < 4.78 is 5.08. The van der Waals surface area contributed by atoms with Gasteiger partial charge in [-0.3, -0.25) is 4.79 Å². The molecule has 0 saturated carbocycles. The summed E-state index contributed by atoms with van der Waals surface area (Å²) >= 11 is 0. The Morgan fingerprint density at radius 3 is 2.37 bits per heavy atom. The molecule has 0 fully saturated rings. The fourth-order valence-electron chi connectivity index (χ4n) is 2.24. The third-order valence-electron chi connectivity index (χ3n) is 3.60. The number of para-hydroxylation sites is 1. The van der Waals surface area contributed by atoms with Crippen molar-refractivity contribution in [3.8, 4) is 5.75 Å². The van der Waals surface area contributed by atoms with Crippen LogP contribution in [0.4, 0.5) is 0 Å². The lowest BCUT2D eigenvalue weighted by Crippen LogP contribution is -2.16. The number of hydrogen-bond acceptors (Lipinski definition) is 3. The van der Waals surface area contributed by atoms with Crippen LogP contribution in [0.5, 0.6) is 5.75 Å². The van der Waals surface area contributed by atoms with Crippen molar-refractivity contribution in [3.63, 3.8) is 0 Å². The van der Waals surface area contributed by atoms with Crippen molar-refractivity contribution in [2.75, 3.05) is 6.61 Å². The fraction of sp³-hybridized carbons (Fsp3) is 0.562. The first kappa shape index (κ1) is 15.5. The van der Waals surface area contributed by atoms with Gasteiger partial charge in [0.25, 0.3) is 0 Å². The molecule has 2 unspecified atom stereocenters. The number of esters is 1. The molecule has 0 aliphatic heterocycles. The van der Waals surface area contributed by atoms with Crippen LogP contribution in [0.3, 0.4) is 0 Å². The van der Waals surface area contributed by atoms with Gasteiger partial charge in [0.05, 0.1) is 12.5 Å². The summed E-state index contributed by atoms with van der Waals surface area (Å²) in [6.07, 6.45) is 1.57. The molecule has 3 heteroatoms. The molecule has 1 rings (SSSR count). The number of hydrogen-bond donors (Lipinski definition) is 1. The number of ether oxygens (including phenoxy) is 1. The van der Waals surface area contributed by atoms with E-state index in [1.165, 1.54) is 0 Å². The molecule has 3 nitrogen and oxygen atoms in total. The van der Waals surface area contributed by atoms with E-state index in [1.54, 1.807) is 6.92 Å². The topological polar surface area (TPSA) is 46.5 Å². The van der Waals surface area contributed by atoms with Crippen molar-refractivity contribution in [3.05, 3.63) is 29.3 Å². The van der Waals surface area contributed by atoms with E-state index in [-0.39, 0.29) is 23.6 Å². The highest BCUT2D eigenvalue weighted by Crippen LogP contribution is 2.36. The molecule has 19 heavy (non-hydrogen) atoms. The highest BCUT2D eigenvalue weighted by atomic mass is 16.5. The van der Waals surface area contributed by atoms with Crippen LogP contribution in [0, 0.1) is 0 Å². The van der Waals surface area contributed by atoms with Gasteiger partial charge in [0.1, 0.15) is 5.75 Å². The van der Waals surface area contributed by atoms with E-state index in [1.807, 2.05) is 25.1 Å². The number of carbonyl (C=O) groups is 1. The number of benzene rings is 1. The predicted octanol–water partition coefficient (Wildman–Crippen LogP) is 3.96. The standard InChI is InChI=1S/C16H24O3/c1-5-11(4)13-9-8-10-14(15(13)17)12(6-2)16(18)19-7-3/h8-12,17H,5-7H2,1-4H3. The largest absolute Gasteiger partial charge is 0.507 e. The molecule has 2 atom stereocenters. The van der Waals surface area contributed by atoms with Gasteiger partial charge in [-0.2, -0.15) is 0 Å². The second-order valence-corrected chi connectivity index (χ2v) is 4.81. The minimum absolute atomic E-state index is 0.247. The van der Waals surface area contributed by atoms with Gasteiger partial charge in [0.15, 0.2) is 0 Å². The molecular formula is C16H24O3. The van der Waals surface area contributed by atoms with Crippen LogP contribution < -0.4 is 0 Å². The molecule has 0 aromatic heterocycles. The quantitative estimate of drug-likeness (QED) is 0.791. The van der Waals surface area contributed by atoms with Crippen LogP contribution in [-0.2, 0) is 9.53 Å². The first-order valence-corrected chi connectivity index (χ1v) is 7.05. The zero-order valence-corrected chi connectivity index (χ0v) is 12.3. The molecule has 106 valence electrons. The van der Waals surface area contributed by atoms with Crippen LogP contribution in [0.15, 0.2) is 18.2 Å². The summed E-state index contributed by atoms with van der Waals surface area (Å²) in [5, 5.41) is 10.4. The van der Waals surface area contributed by atoms with E-state index in [2.05, 4.69) is 13.8 Å². The molecule has 1 aromatic rings. The molecule has 0 radical (unpaired) electrons. The van der Waals surface area contributed by atoms with Gasteiger partial charge in [0.2, 0.25) is 0 Å². The maximum absolute atomic E-state index is 11.9. The molecule has 0 saturated heterocycles. The monoisotopic (exact) mass is 264 g/mol. The Bertz CT molecular complexity index is 426. The number of phenolic OH excluding ortho intramolecular Hbond substituents is 1. The third-order valence-corrected chi connectivity index (χ3v) is 3.60.